The Morgan fingerprint density at radius 3 is 2.47 bits per heavy atom. The smallest absolute Gasteiger partial charge is 0.261 e. The van der Waals surface area contributed by atoms with Gasteiger partial charge in [-0.15, -0.1) is 0 Å². The molecule has 4 atom stereocenters. The van der Waals surface area contributed by atoms with Crippen molar-refractivity contribution in [3.8, 4) is 11.5 Å². The van der Waals surface area contributed by atoms with Crippen molar-refractivity contribution in [2.45, 2.75) is 69.7 Å². The van der Waals surface area contributed by atoms with Crippen molar-refractivity contribution in [1.29, 1.82) is 0 Å². The molecule has 2 N–H and O–H groups in total. The van der Waals surface area contributed by atoms with Crippen LogP contribution in [-0.4, -0.2) is 87.9 Å². The molecule has 0 aromatic heterocycles. The van der Waals surface area contributed by atoms with Gasteiger partial charge >= 0.3 is 0 Å². The molecule has 10 nitrogen and oxygen atoms in total. The highest BCUT2D eigenvalue weighted by atomic mass is 32.2. The van der Waals surface area contributed by atoms with Gasteiger partial charge in [0.1, 0.15) is 11.5 Å². The zero-order valence-electron chi connectivity index (χ0n) is 28.1. The minimum Gasteiger partial charge on any atom is -0.497 e. The van der Waals surface area contributed by atoms with Crippen LogP contribution in [0.15, 0.2) is 77.7 Å². The second-order valence-electron chi connectivity index (χ2n) is 12.5. The number of aliphatic hydroxyl groups is 1. The van der Waals surface area contributed by atoms with Crippen molar-refractivity contribution in [3.63, 3.8) is 0 Å². The topological polar surface area (TPSA) is 118 Å². The van der Waals surface area contributed by atoms with Crippen LogP contribution in [0.3, 0.4) is 0 Å². The van der Waals surface area contributed by atoms with Crippen molar-refractivity contribution < 1.29 is 32.5 Å². The number of ether oxygens (including phenoxy) is 3. The molecule has 1 aliphatic heterocycles. The number of likely N-dealkylation sites (N-methyl/N-ethyl adjacent to an activating group) is 1. The maximum atomic E-state index is 14.4. The number of benzene rings is 3. The molecule has 0 aliphatic carbocycles. The van der Waals surface area contributed by atoms with E-state index >= 15 is 0 Å². The molecule has 0 saturated heterocycles. The predicted molar refractivity (Wildman–Crippen MR) is 183 cm³/mol. The number of sulfonamides is 1. The molecular weight excluding hydrogens is 618 g/mol. The van der Waals surface area contributed by atoms with Crippen LogP contribution in [0, 0.1) is 5.92 Å². The highest BCUT2D eigenvalue weighted by Crippen LogP contribution is 2.30. The van der Waals surface area contributed by atoms with Gasteiger partial charge in [0.15, 0.2) is 0 Å². The van der Waals surface area contributed by atoms with Crippen LogP contribution in [0.5, 0.6) is 11.5 Å². The number of carbonyl (C=O) groups is 1. The van der Waals surface area contributed by atoms with Crippen LogP contribution in [0.25, 0.3) is 0 Å². The fraction of sp³-hybridized carbons (Fsp3) is 0.472. The molecule has 47 heavy (non-hydrogen) atoms. The first-order valence-electron chi connectivity index (χ1n) is 16.2. The summed E-state index contributed by atoms with van der Waals surface area (Å²) in [5, 5.41) is 10.2. The first-order chi connectivity index (χ1) is 22.5. The molecule has 0 radical (unpaired) electrons. The lowest BCUT2D eigenvalue weighted by Crippen LogP contribution is -2.47. The molecule has 3 aromatic carbocycles. The van der Waals surface area contributed by atoms with Gasteiger partial charge in [0.05, 0.1) is 42.4 Å². The van der Waals surface area contributed by atoms with Crippen molar-refractivity contribution in [2.24, 2.45) is 5.92 Å². The zero-order chi connectivity index (χ0) is 34.0. The Balaban J connectivity index is 1.64. The van der Waals surface area contributed by atoms with Crippen molar-refractivity contribution >= 4 is 21.6 Å². The lowest BCUT2D eigenvalue weighted by Gasteiger charge is -2.36. The van der Waals surface area contributed by atoms with E-state index in [1.165, 1.54) is 30.9 Å². The van der Waals surface area contributed by atoms with Crippen molar-refractivity contribution in [1.82, 2.24) is 9.80 Å². The Morgan fingerprint density at radius 2 is 1.79 bits per heavy atom. The Kier molecular flexibility index (Phi) is 13.1. The molecule has 4 rings (SSSR count). The number of anilines is 1. The summed E-state index contributed by atoms with van der Waals surface area (Å²) < 4.78 is 47.0. The number of hydrogen-bond donors (Lipinski definition) is 2. The van der Waals surface area contributed by atoms with E-state index in [1.807, 2.05) is 25.1 Å². The number of amides is 1. The summed E-state index contributed by atoms with van der Waals surface area (Å²) in [5.41, 5.74) is 1.65. The zero-order valence-corrected chi connectivity index (χ0v) is 28.9. The van der Waals surface area contributed by atoms with Crippen molar-refractivity contribution in [3.05, 3.63) is 83.9 Å². The van der Waals surface area contributed by atoms with Crippen LogP contribution < -0.4 is 14.2 Å². The van der Waals surface area contributed by atoms with Gasteiger partial charge < -0.3 is 24.2 Å². The first-order valence-corrected chi connectivity index (χ1v) is 17.7. The second kappa shape index (κ2) is 17.0. The fourth-order valence-corrected chi connectivity index (χ4v) is 6.73. The third-order valence-electron chi connectivity index (χ3n) is 8.46. The standard InChI is InChI=1S/C36H49N3O7S/c1-26-22-39(27(2)25-40)36(41)33-21-30(37-47(42,43)32-17-15-31(44-5)16-18-32)14-19-34(33)46-28(3)11-9-10-20-45-35(26)24-38(4)23-29-12-7-6-8-13-29/h6-8,12-19,21,26-28,35,37,40H,9-11,20,22-25H2,1-5H3/t26-,27-,28-,35-/m1/s1. The molecule has 1 heterocycles. The summed E-state index contributed by atoms with van der Waals surface area (Å²) >= 11 is 0. The average Bonchev–Trinajstić information content (AvgIpc) is 3.06. The molecule has 0 fully saturated rings. The maximum Gasteiger partial charge on any atom is 0.261 e. The molecule has 256 valence electrons. The molecule has 0 spiro atoms. The second-order valence-corrected chi connectivity index (χ2v) is 14.2. The molecule has 0 saturated carbocycles. The van der Waals surface area contributed by atoms with Gasteiger partial charge in [-0.2, -0.15) is 0 Å². The predicted octanol–water partition coefficient (Wildman–Crippen LogP) is 5.42. The molecule has 0 bridgehead atoms. The van der Waals surface area contributed by atoms with Gasteiger partial charge in [0.25, 0.3) is 15.9 Å². The van der Waals surface area contributed by atoms with E-state index in [1.54, 1.807) is 36.1 Å². The Labute approximate surface area is 279 Å². The normalized spacial score (nSPS) is 20.5. The summed E-state index contributed by atoms with van der Waals surface area (Å²) in [5.74, 6) is 0.466. The van der Waals surface area contributed by atoms with E-state index < -0.39 is 16.1 Å². The molecule has 1 aliphatic rings. The van der Waals surface area contributed by atoms with E-state index in [0.29, 0.717) is 31.2 Å². The largest absolute Gasteiger partial charge is 0.497 e. The number of fused-ring (bicyclic) bond motifs is 1. The van der Waals surface area contributed by atoms with Crippen LogP contribution >= 0.6 is 0 Å². The van der Waals surface area contributed by atoms with Crippen LogP contribution in [0.4, 0.5) is 5.69 Å². The SMILES string of the molecule is COc1ccc(S(=O)(=O)Nc2ccc3c(c2)C(=O)N([C@H](C)CO)C[C@@H](C)[C@@H](CN(C)Cc2ccccc2)OCCCC[C@@H](C)O3)cc1. The number of rotatable bonds is 10. The maximum absolute atomic E-state index is 14.4. The number of methoxy groups -OCH3 is 1. The summed E-state index contributed by atoms with van der Waals surface area (Å²) in [4.78, 5) is 18.3. The monoisotopic (exact) mass is 667 g/mol. The molecule has 11 heteroatoms. The van der Waals surface area contributed by atoms with Gasteiger partial charge in [0, 0.05) is 37.8 Å². The molecule has 3 aromatic rings. The third-order valence-corrected chi connectivity index (χ3v) is 9.86. The lowest BCUT2D eigenvalue weighted by atomic mass is 10.0. The van der Waals surface area contributed by atoms with E-state index in [9.17, 15) is 18.3 Å². The Bertz CT molecular complexity index is 1540. The van der Waals surface area contributed by atoms with Crippen LogP contribution in [-0.2, 0) is 21.3 Å². The summed E-state index contributed by atoms with van der Waals surface area (Å²) in [6.07, 6.45) is 2.16. The summed E-state index contributed by atoms with van der Waals surface area (Å²) in [6.45, 7) is 7.92. The lowest BCUT2D eigenvalue weighted by molar-refractivity contribution is -0.0177. The van der Waals surface area contributed by atoms with E-state index in [2.05, 4.69) is 35.7 Å². The first kappa shape index (κ1) is 36.2. The Hall–Kier alpha value is -3.64. The van der Waals surface area contributed by atoms with Crippen LogP contribution in [0.1, 0.15) is 56.0 Å². The Morgan fingerprint density at radius 1 is 1.06 bits per heavy atom. The third kappa shape index (κ3) is 10.2. The van der Waals surface area contributed by atoms with E-state index in [-0.39, 0.29) is 46.8 Å². The highest BCUT2D eigenvalue weighted by molar-refractivity contribution is 7.92. The van der Waals surface area contributed by atoms with Gasteiger partial charge in [-0.1, -0.05) is 37.3 Å². The molecule has 1 amide bonds. The van der Waals surface area contributed by atoms with Crippen molar-refractivity contribution in [2.75, 3.05) is 45.2 Å². The number of nitrogens with zero attached hydrogens (tertiary/aromatic N) is 2. The summed E-state index contributed by atoms with van der Waals surface area (Å²) in [7, 11) is -0.382. The van der Waals surface area contributed by atoms with E-state index in [0.717, 1.165) is 25.8 Å². The van der Waals surface area contributed by atoms with Crippen LogP contribution in [0.2, 0.25) is 0 Å². The fourth-order valence-electron chi connectivity index (χ4n) is 5.68. The molecule has 0 unspecified atom stereocenters. The number of carbonyl (C=O) groups excluding carboxylic acids is 1. The summed E-state index contributed by atoms with van der Waals surface area (Å²) in [6, 6.07) is 20.6. The van der Waals surface area contributed by atoms with Gasteiger partial charge in [-0.25, -0.2) is 8.42 Å². The minimum absolute atomic E-state index is 0.0576. The number of nitrogens with one attached hydrogen (secondary N) is 1. The molecular formula is C36H49N3O7S. The van der Waals surface area contributed by atoms with E-state index in [4.69, 9.17) is 14.2 Å². The average molecular weight is 668 g/mol. The van der Waals surface area contributed by atoms with Gasteiger partial charge in [-0.05, 0) is 88.2 Å². The quantitative estimate of drug-likeness (QED) is 0.294. The minimum atomic E-state index is -3.96. The highest BCUT2D eigenvalue weighted by Gasteiger charge is 2.30. The van der Waals surface area contributed by atoms with Gasteiger partial charge in [-0.3, -0.25) is 14.4 Å². The number of aliphatic hydroxyl groups excluding tert-OH is 1. The van der Waals surface area contributed by atoms with Gasteiger partial charge in [0.2, 0.25) is 0 Å². The number of hydrogen-bond acceptors (Lipinski definition) is 8.